The molecule has 2 N–H and O–H groups in total. The molecule has 0 fully saturated rings. The zero-order chi connectivity index (χ0) is 10.4. The summed E-state index contributed by atoms with van der Waals surface area (Å²) >= 11 is 5.92. The molecule has 0 heterocycles. The summed E-state index contributed by atoms with van der Waals surface area (Å²) in [7, 11) is 0. The number of ether oxygens (including phenoxy) is 1. The van der Waals surface area contributed by atoms with Crippen molar-refractivity contribution in [1.82, 2.24) is 0 Å². The minimum atomic E-state index is 0.432. The maximum absolute atomic E-state index is 8.61. The normalized spacial score (nSPS) is 9.79. The molecule has 0 aromatic heterocycles. The molecule has 0 atom stereocenters. The maximum Gasteiger partial charge on any atom is 0.0992 e. The Bertz CT molecular complexity index is 346. The lowest BCUT2D eigenvalue weighted by Gasteiger charge is -2.04. The highest BCUT2D eigenvalue weighted by atomic mass is 35.5. The van der Waals surface area contributed by atoms with Gasteiger partial charge < -0.3 is 10.5 Å². The number of hydrogen-bond acceptors (Lipinski definition) is 3. The zero-order valence-electron chi connectivity index (χ0n) is 7.66. The van der Waals surface area contributed by atoms with Gasteiger partial charge in [0.15, 0.2) is 0 Å². The summed E-state index contributed by atoms with van der Waals surface area (Å²) in [6.45, 7) is 1.44. The number of nitrogens with zero attached hydrogens (tertiary/aromatic N) is 1. The van der Waals surface area contributed by atoms with Crippen LogP contribution in [0.3, 0.4) is 0 Å². The van der Waals surface area contributed by atoms with Gasteiger partial charge >= 0.3 is 0 Å². The van der Waals surface area contributed by atoms with Crippen LogP contribution in [0.25, 0.3) is 0 Å². The van der Waals surface area contributed by atoms with Gasteiger partial charge in [-0.15, -0.1) is 0 Å². The Hall–Kier alpha value is -1.08. The predicted octanol–water partition coefficient (Wildman–Crippen LogP) is 1.69. The standard InChI is InChI=1S/C10H11ClN2O/c11-10-5-8(6-13)1-2-9(10)7-14-4-3-12/h1-2,5H,3-4,7,12H2. The van der Waals surface area contributed by atoms with Crippen LogP contribution in [-0.2, 0) is 11.3 Å². The van der Waals surface area contributed by atoms with Crippen LogP contribution in [0.5, 0.6) is 0 Å². The first kappa shape index (κ1) is 11.0. The van der Waals surface area contributed by atoms with Crippen LogP contribution >= 0.6 is 11.6 Å². The van der Waals surface area contributed by atoms with Gasteiger partial charge in [-0.1, -0.05) is 17.7 Å². The SMILES string of the molecule is N#Cc1ccc(COCCN)c(Cl)c1. The summed E-state index contributed by atoms with van der Waals surface area (Å²) in [6, 6.07) is 7.15. The van der Waals surface area contributed by atoms with Crippen LogP contribution in [0.2, 0.25) is 5.02 Å². The van der Waals surface area contributed by atoms with E-state index in [1.165, 1.54) is 0 Å². The van der Waals surface area contributed by atoms with Crippen molar-refractivity contribution in [2.45, 2.75) is 6.61 Å². The molecule has 0 saturated carbocycles. The minimum Gasteiger partial charge on any atom is -0.375 e. The number of hydrogen-bond donors (Lipinski definition) is 1. The molecule has 74 valence electrons. The summed E-state index contributed by atoms with van der Waals surface area (Å²) in [5.74, 6) is 0. The van der Waals surface area contributed by atoms with Crippen molar-refractivity contribution in [2.75, 3.05) is 13.2 Å². The molecule has 1 aromatic rings. The molecule has 0 radical (unpaired) electrons. The predicted molar refractivity (Wildman–Crippen MR) is 54.9 cm³/mol. The maximum atomic E-state index is 8.61. The summed E-state index contributed by atoms with van der Waals surface area (Å²) < 4.78 is 5.23. The van der Waals surface area contributed by atoms with Crippen LogP contribution in [-0.4, -0.2) is 13.2 Å². The third-order valence-electron chi connectivity index (χ3n) is 1.70. The van der Waals surface area contributed by atoms with Gasteiger partial charge in [0.05, 0.1) is 24.8 Å². The molecule has 0 unspecified atom stereocenters. The van der Waals surface area contributed by atoms with E-state index in [1.54, 1.807) is 18.2 Å². The Labute approximate surface area is 88.0 Å². The van der Waals surface area contributed by atoms with Gasteiger partial charge in [-0.05, 0) is 17.7 Å². The quantitative estimate of drug-likeness (QED) is 0.770. The first-order valence-electron chi connectivity index (χ1n) is 4.24. The molecule has 4 heteroatoms. The Balaban J connectivity index is 2.65. The van der Waals surface area contributed by atoms with Crippen LogP contribution in [0.4, 0.5) is 0 Å². The summed E-state index contributed by atoms with van der Waals surface area (Å²) in [5, 5.41) is 9.17. The molecule has 1 aromatic carbocycles. The molecule has 0 bridgehead atoms. The molecule has 14 heavy (non-hydrogen) atoms. The van der Waals surface area contributed by atoms with E-state index in [2.05, 4.69) is 0 Å². The molecule has 0 aliphatic rings. The van der Waals surface area contributed by atoms with Crippen molar-refractivity contribution in [3.8, 4) is 6.07 Å². The first-order valence-corrected chi connectivity index (χ1v) is 4.62. The molecular weight excluding hydrogens is 200 g/mol. The van der Waals surface area contributed by atoms with E-state index in [1.807, 2.05) is 6.07 Å². The Kier molecular flexibility index (Phi) is 4.41. The number of rotatable bonds is 4. The van der Waals surface area contributed by atoms with Crippen LogP contribution in [0.15, 0.2) is 18.2 Å². The molecule has 1 rings (SSSR count). The lowest BCUT2D eigenvalue weighted by molar-refractivity contribution is 0.128. The third-order valence-corrected chi connectivity index (χ3v) is 2.05. The third kappa shape index (κ3) is 3.00. The summed E-state index contributed by atoms with van der Waals surface area (Å²) in [5.41, 5.74) is 6.70. The summed E-state index contributed by atoms with van der Waals surface area (Å²) in [6.07, 6.45) is 0. The van der Waals surface area contributed by atoms with Crippen LogP contribution < -0.4 is 5.73 Å². The molecule has 3 nitrogen and oxygen atoms in total. The Morgan fingerprint density at radius 1 is 1.50 bits per heavy atom. The lowest BCUT2D eigenvalue weighted by Crippen LogP contribution is -2.08. The number of nitriles is 1. The Morgan fingerprint density at radius 2 is 2.29 bits per heavy atom. The van der Waals surface area contributed by atoms with Gasteiger partial charge in [-0.3, -0.25) is 0 Å². The van der Waals surface area contributed by atoms with E-state index < -0.39 is 0 Å². The summed E-state index contributed by atoms with van der Waals surface area (Å²) in [4.78, 5) is 0. The molecular formula is C10H11ClN2O. The van der Waals surface area contributed by atoms with Gasteiger partial charge in [0.2, 0.25) is 0 Å². The average Bonchev–Trinajstić information content (AvgIpc) is 2.20. The molecule has 0 saturated heterocycles. The van der Waals surface area contributed by atoms with Crippen LogP contribution in [0, 0.1) is 11.3 Å². The molecule has 0 aliphatic heterocycles. The van der Waals surface area contributed by atoms with Gasteiger partial charge in [0.1, 0.15) is 0 Å². The fourth-order valence-corrected chi connectivity index (χ4v) is 1.23. The number of halogens is 1. The van der Waals surface area contributed by atoms with Crippen LogP contribution in [0.1, 0.15) is 11.1 Å². The second-order valence-electron chi connectivity index (χ2n) is 2.76. The minimum absolute atomic E-state index is 0.432. The van der Waals surface area contributed by atoms with Crippen molar-refractivity contribution in [3.63, 3.8) is 0 Å². The fourth-order valence-electron chi connectivity index (χ4n) is 0.999. The van der Waals surface area contributed by atoms with E-state index in [4.69, 9.17) is 27.3 Å². The van der Waals surface area contributed by atoms with Gasteiger partial charge in [-0.25, -0.2) is 0 Å². The zero-order valence-corrected chi connectivity index (χ0v) is 8.42. The van der Waals surface area contributed by atoms with Crippen molar-refractivity contribution in [2.24, 2.45) is 5.73 Å². The fraction of sp³-hybridized carbons (Fsp3) is 0.300. The highest BCUT2D eigenvalue weighted by Gasteiger charge is 2.01. The molecule has 0 amide bonds. The smallest absolute Gasteiger partial charge is 0.0992 e. The first-order chi connectivity index (χ1) is 6.77. The van der Waals surface area contributed by atoms with E-state index in [0.717, 1.165) is 5.56 Å². The Morgan fingerprint density at radius 3 is 2.86 bits per heavy atom. The highest BCUT2D eigenvalue weighted by Crippen LogP contribution is 2.18. The van der Waals surface area contributed by atoms with E-state index in [0.29, 0.717) is 30.3 Å². The van der Waals surface area contributed by atoms with Crippen molar-refractivity contribution in [1.29, 1.82) is 5.26 Å². The number of nitrogens with two attached hydrogens (primary N) is 1. The largest absolute Gasteiger partial charge is 0.375 e. The van der Waals surface area contributed by atoms with Crippen molar-refractivity contribution in [3.05, 3.63) is 34.3 Å². The second kappa shape index (κ2) is 5.61. The molecule has 0 aliphatic carbocycles. The van der Waals surface area contributed by atoms with Gasteiger partial charge in [0, 0.05) is 11.6 Å². The van der Waals surface area contributed by atoms with Crippen molar-refractivity contribution < 1.29 is 4.74 Å². The van der Waals surface area contributed by atoms with E-state index in [9.17, 15) is 0 Å². The van der Waals surface area contributed by atoms with Gasteiger partial charge in [0.25, 0.3) is 0 Å². The van der Waals surface area contributed by atoms with E-state index >= 15 is 0 Å². The van der Waals surface area contributed by atoms with Crippen molar-refractivity contribution >= 4 is 11.6 Å². The second-order valence-corrected chi connectivity index (χ2v) is 3.17. The molecule has 0 spiro atoms. The number of benzene rings is 1. The monoisotopic (exact) mass is 210 g/mol. The topological polar surface area (TPSA) is 59.0 Å². The lowest BCUT2D eigenvalue weighted by atomic mass is 10.1. The van der Waals surface area contributed by atoms with E-state index in [-0.39, 0.29) is 0 Å². The highest BCUT2D eigenvalue weighted by molar-refractivity contribution is 6.31. The van der Waals surface area contributed by atoms with Gasteiger partial charge in [-0.2, -0.15) is 5.26 Å². The average molecular weight is 211 g/mol.